The van der Waals surface area contributed by atoms with Crippen molar-refractivity contribution in [3.05, 3.63) is 12.7 Å². The first kappa shape index (κ1) is 12.4. The molecule has 0 aromatic rings. The molecule has 0 aliphatic heterocycles. The summed E-state index contributed by atoms with van der Waals surface area (Å²) in [6.45, 7) is 3.32. The van der Waals surface area contributed by atoms with E-state index >= 15 is 0 Å². The molecule has 0 saturated carbocycles. The maximum atomic E-state index is 9.33. The topological polar surface area (TPSA) is 67.5 Å². The summed E-state index contributed by atoms with van der Waals surface area (Å²) in [6.07, 6.45) is 2.85. The highest BCUT2D eigenvalue weighted by Gasteiger charge is 1.71. The molecule has 4 heteroatoms. The van der Waals surface area contributed by atoms with E-state index in [2.05, 4.69) is 16.9 Å². The third kappa shape index (κ3) is 17.7. The number of aldehydes is 1. The molecule has 0 amide bonds. The van der Waals surface area contributed by atoms with Gasteiger partial charge in [0, 0.05) is 20.5 Å². The van der Waals surface area contributed by atoms with E-state index in [1.165, 1.54) is 0 Å². The zero-order valence-corrected chi connectivity index (χ0v) is 7.00. The summed E-state index contributed by atoms with van der Waals surface area (Å²) >= 11 is 0. The summed E-state index contributed by atoms with van der Waals surface area (Å²) in [4.78, 5) is 12.9. The van der Waals surface area contributed by atoms with Crippen LogP contribution in [0.5, 0.6) is 0 Å². The van der Waals surface area contributed by atoms with Crippen molar-refractivity contribution in [1.82, 2.24) is 5.32 Å². The lowest BCUT2D eigenvalue weighted by Gasteiger charge is -1.90. The lowest BCUT2D eigenvalue weighted by atomic mass is 10.5. The minimum absolute atomic E-state index is 0.468. The van der Waals surface area contributed by atoms with E-state index in [1.54, 1.807) is 20.2 Å². The zero-order valence-electron chi connectivity index (χ0n) is 7.00. The van der Waals surface area contributed by atoms with Gasteiger partial charge in [-0.05, 0) is 0 Å². The van der Waals surface area contributed by atoms with Gasteiger partial charge in [0.1, 0.15) is 6.29 Å². The van der Waals surface area contributed by atoms with E-state index in [0.717, 1.165) is 6.29 Å². The van der Waals surface area contributed by atoms with Crippen molar-refractivity contribution in [2.75, 3.05) is 14.1 Å². The fourth-order valence-electron chi connectivity index (χ4n) is 0.180. The second kappa shape index (κ2) is 11.5. The van der Waals surface area contributed by atoms with Gasteiger partial charge in [-0.1, -0.05) is 6.08 Å². The molecule has 0 rings (SSSR count). The highest BCUT2D eigenvalue weighted by Crippen LogP contribution is 1.64. The van der Waals surface area contributed by atoms with Crippen molar-refractivity contribution in [2.45, 2.75) is 6.42 Å². The number of aliphatic imine (C=N–C) groups is 1. The molecule has 64 valence electrons. The first-order valence-corrected chi connectivity index (χ1v) is 3.17. The predicted molar refractivity (Wildman–Crippen MR) is 47.5 cm³/mol. The summed E-state index contributed by atoms with van der Waals surface area (Å²) in [7, 11) is 3.36. The highest BCUT2D eigenvalue weighted by atomic mass is 16.1. The Morgan fingerprint density at radius 2 is 2.36 bits per heavy atom. The fourth-order valence-corrected chi connectivity index (χ4v) is 0.180. The second-order valence-corrected chi connectivity index (χ2v) is 1.55. The van der Waals surface area contributed by atoms with E-state index < -0.39 is 0 Å². The lowest BCUT2D eigenvalue weighted by molar-refractivity contribution is -0.107. The van der Waals surface area contributed by atoms with Gasteiger partial charge in [-0.25, -0.2) is 0 Å². The third-order valence-corrected chi connectivity index (χ3v) is 0.760. The Balaban J connectivity index is 0. The van der Waals surface area contributed by atoms with Gasteiger partial charge in [0.25, 0.3) is 0 Å². The minimum Gasteiger partial charge on any atom is -0.370 e. The molecule has 0 aromatic heterocycles. The van der Waals surface area contributed by atoms with Crippen LogP contribution < -0.4 is 11.1 Å². The molecule has 0 spiro atoms. The number of nitrogens with one attached hydrogen (secondary N) is 1. The smallest absolute Gasteiger partial charge is 0.188 e. The van der Waals surface area contributed by atoms with Crippen molar-refractivity contribution < 1.29 is 4.79 Å². The van der Waals surface area contributed by atoms with Crippen LogP contribution in [-0.2, 0) is 4.79 Å². The lowest BCUT2D eigenvalue weighted by Crippen LogP contribution is -2.27. The molecule has 4 nitrogen and oxygen atoms in total. The molecule has 0 heterocycles. The summed E-state index contributed by atoms with van der Waals surface area (Å²) in [5.74, 6) is 0.468. The van der Waals surface area contributed by atoms with Gasteiger partial charge in [-0.3, -0.25) is 4.99 Å². The first-order valence-electron chi connectivity index (χ1n) is 3.17. The van der Waals surface area contributed by atoms with Gasteiger partial charge in [0.15, 0.2) is 5.96 Å². The molecule has 3 N–H and O–H groups in total. The van der Waals surface area contributed by atoms with Crippen molar-refractivity contribution in [1.29, 1.82) is 0 Å². The normalized spacial score (nSPS) is 9.09. The van der Waals surface area contributed by atoms with Gasteiger partial charge in [0.2, 0.25) is 0 Å². The highest BCUT2D eigenvalue weighted by molar-refractivity contribution is 5.77. The SMILES string of the molecule is C=CCC=O.CN=C(N)NC. The summed E-state index contributed by atoms with van der Waals surface area (Å²) in [5.41, 5.74) is 5.11. The van der Waals surface area contributed by atoms with Gasteiger partial charge < -0.3 is 15.8 Å². The number of carbonyl (C=O) groups is 1. The number of nitrogens with zero attached hydrogens (tertiary/aromatic N) is 1. The quantitative estimate of drug-likeness (QED) is 0.255. The Morgan fingerprint density at radius 3 is 2.36 bits per heavy atom. The Labute approximate surface area is 67.2 Å². The maximum Gasteiger partial charge on any atom is 0.188 e. The zero-order chi connectivity index (χ0) is 9.11. The van der Waals surface area contributed by atoms with Gasteiger partial charge in [0.05, 0.1) is 0 Å². The molecule has 0 fully saturated rings. The second-order valence-electron chi connectivity index (χ2n) is 1.55. The van der Waals surface area contributed by atoms with E-state index in [-0.39, 0.29) is 0 Å². The minimum atomic E-state index is 0.468. The van der Waals surface area contributed by atoms with Gasteiger partial charge in [-0.15, -0.1) is 6.58 Å². The maximum absolute atomic E-state index is 9.33. The van der Waals surface area contributed by atoms with Crippen molar-refractivity contribution in [3.8, 4) is 0 Å². The average molecular weight is 157 g/mol. The third-order valence-electron chi connectivity index (χ3n) is 0.760. The average Bonchev–Trinajstić information content (AvgIpc) is 2.06. The monoisotopic (exact) mass is 157 g/mol. The Bertz CT molecular complexity index is 126. The molecular weight excluding hydrogens is 142 g/mol. The molecule has 11 heavy (non-hydrogen) atoms. The molecule has 0 aromatic carbocycles. The molecule has 0 aliphatic carbocycles. The van der Waals surface area contributed by atoms with Crippen molar-refractivity contribution in [3.63, 3.8) is 0 Å². The number of guanidine groups is 1. The van der Waals surface area contributed by atoms with Crippen molar-refractivity contribution >= 4 is 12.2 Å². The molecular formula is C7H15N3O. The van der Waals surface area contributed by atoms with E-state index in [9.17, 15) is 4.79 Å². The predicted octanol–water partition coefficient (Wildman–Crippen LogP) is -0.0883. The summed E-state index contributed by atoms with van der Waals surface area (Å²) in [5, 5.41) is 2.64. The molecule has 0 bridgehead atoms. The number of rotatable bonds is 2. The number of hydrogen-bond donors (Lipinski definition) is 2. The van der Waals surface area contributed by atoms with Gasteiger partial charge >= 0.3 is 0 Å². The number of nitrogens with two attached hydrogens (primary N) is 1. The van der Waals surface area contributed by atoms with Gasteiger partial charge in [-0.2, -0.15) is 0 Å². The first-order chi connectivity index (χ1) is 5.22. The Kier molecular flexibility index (Phi) is 12.9. The molecule has 0 saturated heterocycles. The van der Waals surface area contributed by atoms with Crippen LogP contribution in [0.3, 0.4) is 0 Å². The van der Waals surface area contributed by atoms with Crippen molar-refractivity contribution in [2.24, 2.45) is 10.7 Å². The fraction of sp³-hybridized carbons (Fsp3) is 0.429. The molecule has 0 radical (unpaired) electrons. The summed E-state index contributed by atoms with van der Waals surface area (Å²) in [6, 6.07) is 0. The van der Waals surface area contributed by atoms with Crippen LogP contribution in [0.2, 0.25) is 0 Å². The molecule has 0 unspecified atom stereocenters. The number of hydrogen-bond acceptors (Lipinski definition) is 2. The standard InChI is InChI=1S/C4H6O.C3H9N3/c1-2-3-4-5;1-5-3(4)6-2/h2,4H,1,3H2;1-2H3,(H3,4,5,6). The van der Waals surface area contributed by atoms with Crippen LogP contribution >= 0.6 is 0 Å². The van der Waals surface area contributed by atoms with Crippen LogP contribution in [0.15, 0.2) is 17.6 Å². The number of carbonyl (C=O) groups excluding carboxylic acids is 1. The largest absolute Gasteiger partial charge is 0.370 e. The van der Waals surface area contributed by atoms with E-state index in [1.807, 2.05) is 0 Å². The van der Waals surface area contributed by atoms with Crippen LogP contribution in [0.1, 0.15) is 6.42 Å². The number of allylic oxidation sites excluding steroid dienone is 1. The Hall–Kier alpha value is -1.32. The van der Waals surface area contributed by atoms with Crippen LogP contribution in [0.4, 0.5) is 0 Å². The Morgan fingerprint density at radius 1 is 1.82 bits per heavy atom. The van der Waals surface area contributed by atoms with Crippen LogP contribution in [0.25, 0.3) is 0 Å². The molecule has 0 aliphatic rings. The van der Waals surface area contributed by atoms with E-state index in [0.29, 0.717) is 12.4 Å². The van der Waals surface area contributed by atoms with E-state index in [4.69, 9.17) is 5.73 Å². The van der Waals surface area contributed by atoms with Crippen LogP contribution in [-0.4, -0.2) is 26.3 Å². The summed E-state index contributed by atoms with van der Waals surface area (Å²) < 4.78 is 0. The molecule has 0 atom stereocenters. The van der Waals surface area contributed by atoms with Crippen LogP contribution in [0, 0.1) is 0 Å².